The molecule has 0 amide bonds. The van der Waals surface area contributed by atoms with Crippen LogP contribution in [0.3, 0.4) is 0 Å². The summed E-state index contributed by atoms with van der Waals surface area (Å²) in [7, 11) is 0. The van der Waals surface area contributed by atoms with Crippen molar-refractivity contribution in [2.24, 2.45) is 0 Å². The van der Waals surface area contributed by atoms with Crippen molar-refractivity contribution in [3.8, 4) is 11.4 Å². The molecule has 3 heterocycles. The van der Waals surface area contributed by atoms with Crippen LogP contribution < -0.4 is 0 Å². The molecule has 200 valence electrons. The highest BCUT2D eigenvalue weighted by molar-refractivity contribution is 7.26. The first-order valence-corrected chi connectivity index (χ1v) is 15.5. The van der Waals surface area contributed by atoms with Crippen molar-refractivity contribution in [3.63, 3.8) is 0 Å². The molecule has 3 aromatic heterocycles. The van der Waals surface area contributed by atoms with Crippen LogP contribution in [0.1, 0.15) is 0 Å². The van der Waals surface area contributed by atoms with E-state index in [0.29, 0.717) is 0 Å². The Morgan fingerprint density at radius 3 is 1.91 bits per heavy atom. The third kappa shape index (κ3) is 3.12. The number of benzene rings is 7. The van der Waals surface area contributed by atoms with E-state index in [2.05, 4.69) is 155 Å². The Balaban J connectivity index is 1.40. The first kappa shape index (κ1) is 23.2. The highest BCUT2D eigenvalue weighted by Gasteiger charge is 2.20. The van der Waals surface area contributed by atoms with Crippen LogP contribution >= 0.6 is 11.3 Å². The zero-order valence-electron chi connectivity index (χ0n) is 23.2. The number of thiophene rings is 1. The molecule has 0 aliphatic carbocycles. The Hall–Kier alpha value is -5.38. The van der Waals surface area contributed by atoms with Crippen molar-refractivity contribution in [1.29, 1.82) is 0 Å². The van der Waals surface area contributed by atoms with Gasteiger partial charge in [0, 0.05) is 48.1 Å². The van der Waals surface area contributed by atoms with Gasteiger partial charge in [0.05, 0.1) is 32.5 Å². The number of hydrogen-bond donors (Lipinski definition) is 0. The molecule has 3 heteroatoms. The lowest BCUT2D eigenvalue weighted by Crippen LogP contribution is -1.95. The van der Waals surface area contributed by atoms with Gasteiger partial charge in [0.2, 0.25) is 0 Å². The van der Waals surface area contributed by atoms with Crippen LogP contribution in [0.15, 0.2) is 146 Å². The number of para-hydroxylation sites is 3. The predicted molar refractivity (Wildman–Crippen MR) is 186 cm³/mol. The number of fused-ring (bicyclic) bond motifs is 11. The molecule has 0 aliphatic rings. The summed E-state index contributed by atoms with van der Waals surface area (Å²) in [5, 5.41) is 10.3. The summed E-state index contributed by atoms with van der Waals surface area (Å²) in [5.74, 6) is 0. The molecule has 0 radical (unpaired) electrons. The van der Waals surface area contributed by atoms with Gasteiger partial charge >= 0.3 is 0 Å². The SMILES string of the molecule is c1ccc(-n2c3ccccc3c3ccc4cc5c6ccccc6n(-c6cccc7c6sc6ccccc67)c5cc4c32)cc1. The molecule has 7 aromatic carbocycles. The molecule has 0 spiro atoms. The maximum Gasteiger partial charge on any atom is 0.0640 e. The maximum atomic E-state index is 2.50. The highest BCUT2D eigenvalue weighted by Crippen LogP contribution is 2.43. The Bertz CT molecular complexity index is 2720. The van der Waals surface area contributed by atoms with E-state index in [1.165, 1.54) is 85.9 Å². The average Bonchev–Trinajstić information content (AvgIpc) is 3.72. The van der Waals surface area contributed by atoms with Crippen molar-refractivity contribution in [1.82, 2.24) is 9.13 Å². The Kier molecular flexibility index (Phi) is 4.63. The molecular formula is C40H24N2S. The fraction of sp³-hybridized carbons (Fsp3) is 0. The van der Waals surface area contributed by atoms with Gasteiger partial charge in [-0.25, -0.2) is 0 Å². The summed E-state index contributed by atoms with van der Waals surface area (Å²) in [6, 6.07) is 53.4. The molecule has 10 rings (SSSR count). The molecule has 0 fully saturated rings. The van der Waals surface area contributed by atoms with E-state index in [4.69, 9.17) is 0 Å². The standard InChI is InChI=1S/C40H24N2S/c1-2-11-26(12-3-1)41-34-17-7-4-13-27(34)30-22-21-25-23-33-28-14-5-8-18-35(28)42(37(33)24-32(25)39(30)41)36-19-10-16-31-29-15-6-9-20-38(29)43-40(31)36/h1-24H. The van der Waals surface area contributed by atoms with Crippen molar-refractivity contribution in [2.75, 3.05) is 0 Å². The normalized spacial score (nSPS) is 12.2. The van der Waals surface area contributed by atoms with Gasteiger partial charge in [-0.2, -0.15) is 0 Å². The van der Waals surface area contributed by atoms with Gasteiger partial charge in [0.15, 0.2) is 0 Å². The van der Waals surface area contributed by atoms with Crippen LogP contribution in [0.25, 0.3) is 85.9 Å². The average molecular weight is 565 g/mol. The minimum absolute atomic E-state index is 1.18. The molecule has 0 N–H and O–H groups in total. The van der Waals surface area contributed by atoms with Gasteiger partial charge in [0.25, 0.3) is 0 Å². The Morgan fingerprint density at radius 2 is 1.07 bits per heavy atom. The van der Waals surface area contributed by atoms with Gasteiger partial charge in [-0.15, -0.1) is 11.3 Å². The number of hydrogen-bond acceptors (Lipinski definition) is 1. The van der Waals surface area contributed by atoms with E-state index >= 15 is 0 Å². The van der Waals surface area contributed by atoms with Crippen molar-refractivity contribution in [2.45, 2.75) is 0 Å². The van der Waals surface area contributed by atoms with Gasteiger partial charge < -0.3 is 9.13 Å². The number of rotatable bonds is 2. The van der Waals surface area contributed by atoms with Crippen molar-refractivity contribution in [3.05, 3.63) is 146 Å². The summed E-state index contributed by atoms with van der Waals surface area (Å²) in [5.41, 5.74) is 7.36. The topological polar surface area (TPSA) is 9.86 Å². The largest absolute Gasteiger partial charge is 0.309 e. The summed E-state index contributed by atoms with van der Waals surface area (Å²) >= 11 is 1.89. The van der Waals surface area contributed by atoms with Crippen LogP contribution in [0, 0.1) is 0 Å². The summed E-state index contributed by atoms with van der Waals surface area (Å²) < 4.78 is 7.59. The second-order valence-corrected chi connectivity index (χ2v) is 12.4. The lowest BCUT2D eigenvalue weighted by molar-refractivity contribution is 1.18. The smallest absolute Gasteiger partial charge is 0.0640 e. The van der Waals surface area contributed by atoms with E-state index in [1.54, 1.807) is 0 Å². The molecule has 0 atom stereocenters. The van der Waals surface area contributed by atoms with Crippen molar-refractivity contribution < 1.29 is 0 Å². The molecule has 10 aromatic rings. The van der Waals surface area contributed by atoms with Crippen LogP contribution in [0.4, 0.5) is 0 Å². The molecular weight excluding hydrogens is 541 g/mol. The first-order chi connectivity index (χ1) is 21.3. The van der Waals surface area contributed by atoms with Crippen LogP contribution in [-0.4, -0.2) is 9.13 Å². The number of nitrogens with zero attached hydrogens (tertiary/aromatic N) is 2. The molecule has 0 bridgehead atoms. The molecule has 2 nitrogen and oxygen atoms in total. The molecule has 0 saturated carbocycles. The second kappa shape index (κ2) is 8.57. The van der Waals surface area contributed by atoms with Crippen LogP contribution in [0.2, 0.25) is 0 Å². The van der Waals surface area contributed by atoms with E-state index in [-0.39, 0.29) is 0 Å². The Labute approximate surface area is 251 Å². The van der Waals surface area contributed by atoms with Gasteiger partial charge in [-0.05, 0) is 53.9 Å². The zero-order valence-corrected chi connectivity index (χ0v) is 24.0. The van der Waals surface area contributed by atoms with E-state index < -0.39 is 0 Å². The molecule has 0 saturated heterocycles. The lowest BCUT2D eigenvalue weighted by atomic mass is 10.0. The summed E-state index contributed by atoms with van der Waals surface area (Å²) in [6.45, 7) is 0. The molecule has 0 unspecified atom stereocenters. The third-order valence-corrected chi connectivity index (χ3v) is 10.3. The van der Waals surface area contributed by atoms with Gasteiger partial charge in [-0.3, -0.25) is 0 Å². The molecule has 0 aliphatic heterocycles. The van der Waals surface area contributed by atoms with E-state index in [1.807, 2.05) is 11.3 Å². The maximum absolute atomic E-state index is 2.50. The van der Waals surface area contributed by atoms with E-state index in [9.17, 15) is 0 Å². The number of aromatic nitrogens is 2. The summed E-state index contributed by atoms with van der Waals surface area (Å²) in [6.07, 6.45) is 0. The first-order valence-electron chi connectivity index (χ1n) is 14.7. The summed E-state index contributed by atoms with van der Waals surface area (Å²) in [4.78, 5) is 0. The molecule has 43 heavy (non-hydrogen) atoms. The third-order valence-electron chi connectivity index (χ3n) is 9.08. The monoisotopic (exact) mass is 564 g/mol. The Morgan fingerprint density at radius 1 is 0.395 bits per heavy atom. The lowest BCUT2D eigenvalue weighted by Gasteiger charge is -2.12. The fourth-order valence-corrected chi connectivity index (χ4v) is 8.47. The fourth-order valence-electron chi connectivity index (χ4n) is 7.26. The quantitative estimate of drug-likeness (QED) is 0.198. The minimum atomic E-state index is 1.18. The van der Waals surface area contributed by atoms with Gasteiger partial charge in [0.1, 0.15) is 0 Å². The van der Waals surface area contributed by atoms with Crippen LogP contribution in [-0.2, 0) is 0 Å². The predicted octanol–water partition coefficient (Wildman–Crippen LogP) is 11.4. The van der Waals surface area contributed by atoms with Gasteiger partial charge in [-0.1, -0.05) is 97.1 Å². The zero-order chi connectivity index (χ0) is 28.1. The van der Waals surface area contributed by atoms with Crippen LogP contribution in [0.5, 0.6) is 0 Å². The highest BCUT2D eigenvalue weighted by atomic mass is 32.1. The van der Waals surface area contributed by atoms with Crippen molar-refractivity contribution >= 4 is 85.9 Å². The second-order valence-electron chi connectivity index (χ2n) is 11.3. The van der Waals surface area contributed by atoms with E-state index in [0.717, 1.165) is 0 Å². The minimum Gasteiger partial charge on any atom is -0.309 e.